The van der Waals surface area contributed by atoms with E-state index in [9.17, 15) is 4.79 Å². The average molecular weight is 251 g/mol. The summed E-state index contributed by atoms with van der Waals surface area (Å²) in [6, 6.07) is 4.80. The van der Waals surface area contributed by atoms with Crippen LogP contribution in [0.25, 0.3) is 0 Å². The second kappa shape index (κ2) is 4.59. The zero-order valence-electron chi connectivity index (χ0n) is 9.22. The third kappa shape index (κ3) is 2.65. The number of imidazole rings is 1. The van der Waals surface area contributed by atoms with Crippen molar-refractivity contribution in [2.24, 2.45) is 7.05 Å². The van der Waals surface area contributed by atoms with Crippen molar-refractivity contribution in [3.05, 3.63) is 52.6 Å². The van der Waals surface area contributed by atoms with E-state index in [4.69, 9.17) is 16.7 Å². The van der Waals surface area contributed by atoms with Gasteiger partial charge in [0.2, 0.25) is 0 Å². The molecule has 0 saturated carbocycles. The number of carboxylic acid groups (broad SMARTS) is 1. The van der Waals surface area contributed by atoms with Crippen LogP contribution in [-0.2, 0) is 13.5 Å². The van der Waals surface area contributed by atoms with Gasteiger partial charge in [-0.2, -0.15) is 0 Å². The van der Waals surface area contributed by atoms with Crippen molar-refractivity contribution in [3.63, 3.8) is 0 Å². The highest BCUT2D eigenvalue weighted by Crippen LogP contribution is 2.17. The Balaban J connectivity index is 2.33. The second-order valence-corrected chi connectivity index (χ2v) is 4.22. The van der Waals surface area contributed by atoms with Crippen molar-refractivity contribution in [2.45, 2.75) is 6.42 Å². The molecule has 1 N–H and O–H groups in total. The molecule has 0 atom stereocenters. The normalized spacial score (nSPS) is 10.5. The lowest BCUT2D eigenvalue weighted by Crippen LogP contribution is -2.01. The number of aryl methyl sites for hydroxylation is 1. The van der Waals surface area contributed by atoms with Crippen LogP contribution >= 0.6 is 11.6 Å². The lowest BCUT2D eigenvalue weighted by Gasteiger charge is -2.04. The van der Waals surface area contributed by atoms with E-state index < -0.39 is 5.97 Å². The molecule has 0 unspecified atom stereocenters. The standard InChI is InChI=1S/C12H11ClN2O2/c1-15-3-2-14-11(15)6-8-4-9(12(16)17)7-10(13)5-8/h2-5,7H,6H2,1H3,(H,16,17). The van der Waals surface area contributed by atoms with E-state index in [1.54, 1.807) is 18.3 Å². The van der Waals surface area contributed by atoms with Crippen molar-refractivity contribution in [2.75, 3.05) is 0 Å². The van der Waals surface area contributed by atoms with Gasteiger partial charge in [0.1, 0.15) is 5.82 Å². The molecule has 1 aromatic heterocycles. The highest BCUT2D eigenvalue weighted by Gasteiger charge is 2.08. The quantitative estimate of drug-likeness (QED) is 0.910. The Labute approximate surface area is 103 Å². The summed E-state index contributed by atoms with van der Waals surface area (Å²) in [5, 5.41) is 9.36. The van der Waals surface area contributed by atoms with Gasteiger partial charge < -0.3 is 9.67 Å². The van der Waals surface area contributed by atoms with Crippen LogP contribution in [0.3, 0.4) is 0 Å². The maximum absolute atomic E-state index is 10.9. The molecule has 0 fully saturated rings. The highest BCUT2D eigenvalue weighted by atomic mass is 35.5. The van der Waals surface area contributed by atoms with Crippen LogP contribution in [0.15, 0.2) is 30.6 Å². The maximum atomic E-state index is 10.9. The van der Waals surface area contributed by atoms with Gasteiger partial charge in [-0.3, -0.25) is 0 Å². The first-order chi connectivity index (χ1) is 8.06. The number of aromatic nitrogens is 2. The van der Waals surface area contributed by atoms with Gasteiger partial charge in [-0.15, -0.1) is 0 Å². The first-order valence-electron chi connectivity index (χ1n) is 5.05. The number of aromatic carboxylic acids is 1. The zero-order chi connectivity index (χ0) is 12.4. The van der Waals surface area contributed by atoms with E-state index in [1.165, 1.54) is 6.07 Å². The van der Waals surface area contributed by atoms with Crippen LogP contribution in [0.4, 0.5) is 0 Å². The Morgan fingerprint density at radius 3 is 2.82 bits per heavy atom. The molecule has 0 aliphatic rings. The summed E-state index contributed by atoms with van der Waals surface area (Å²) in [5.41, 5.74) is 1.03. The monoisotopic (exact) mass is 250 g/mol. The number of carboxylic acids is 1. The lowest BCUT2D eigenvalue weighted by atomic mass is 10.1. The van der Waals surface area contributed by atoms with Gasteiger partial charge in [-0.05, 0) is 23.8 Å². The lowest BCUT2D eigenvalue weighted by molar-refractivity contribution is 0.0697. The predicted molar refractivity (Wildman–Crippen MR) is 64.4 cm³/mol. The Kier molecular flexibility index (Phi) is 3.15. The minimum atomic E-state index is -0.978. The van der Waals surface area contributed by atoms with Crippen LogP contribution < -0.4 is 0 Å². The SMILES string of the molecule is Cn1ccnc1Cc1cc(Cl)cc(C(=O)O)c1. The van der Waals surface area contributed by atoms with E-state index >= 15 is 0 Å². The molecular weight excluding hydrogens is 240 g/mol. The molecule has 0 saturated heterocycles. The maximum Gasteiger partial charge on any atom is 0.335 e. The molecule has 1 aromatic carbocycles. The predicted octanol–water partition coefficient (Wildman–Crippen LogP) is 2.36. The molecule has 1 heterocycles. The van der Waals surface area contributed by atoms with Crippen molar-refractivity contribution in [3.8, 4) is 0 Å². The third-order valence-electron chi connectivity index (χ3n) is 2.49. The molecule has 0 radical (unpaired) electrons. The molecular formula is C12H11ClN2O2. The van der Waals surface area contributed by atoms with Crippen molar-refractivity contribution in [1.29, 1.82) is 0 Å². The van der Waals surface area contributed by atoms with Crippen LogP contribution in [0, 0.1) is 0 Å². The van der Waals surface area contributed by atoms with Crippen molar-refractivity contribution in [1.82, 2.24) is 9.55 Å². The number of hydrogen-bond acceptors (Lipinski definition) is 2. The van der Waals surface area contributed by atoms with Gasteiger partial charge in [0.15, 0.2) is 0 Å². The molecule has 4 nitrogen and oxygen atoms in total. The molecule has 17 heavy (non-hydrogen) atoms. The Hall–Kier alpha value is -1.81. The Morgan fingerprint density at radius 1 is 1.47 bits per heavy atom. The summed E-state index contributed by atoms with van der Waals surface area (Å²) >= 11 is 5.88. The summed E-state index contributed by atoms with van der Waals surface area (Å²) in [6.45, 7) is 0. The van der Waals surface area contributed by atoms with Gasteiger partial charge >= 0.3 is 5.97 Å². The van der Waals surface area contributed by atoms with Gasteiger partial charge in [0.25, 0.3) is 0 Å². The Bertz CT molecular complexity index is 563. The Morgan fingerprint density at radius 2 is 2.24 bits per heavy atom. The smallest absolute Gasteiger partial charge is 0.335 e. The summed E-state index contributed by atoms with van der Waals surface area (Å²) in [5.74, 6) is -0.114. The molecule has 88 valence electrons. The summed E-state index contributed by atoms with van der Waals surface area (Å²) in [6.07, 6.45) is 4.11. The summed E-state index contributed by atoms with van der Waals surface area (Å²) in [7, 11) is 1.89. The van der Waals surface area contributed by atoms with Gasteiger partial charge in [0, 0.05) is 30.9 Å². The van der Waals surface area contributed by atoms with E-state index in [0.29, 0.717) is 11.4 Å². The molecule has 2 rings (SSSR count). The topological polar surface area (TPSA) is 55.1 Å². The first kappa shape index (κ1) is 11.7. The number of benzene rings is 1. The molecule has 5 heteroatoms. The molecule has 0 spiro atoms. The van der Waals surface area contributed by atoms with Crippen molar-refractivity contribution < 1.29 is 9.90 Å². The van der Waals surface area contributed by atoms with Gasteiger partial charge in [0.05, 0.1) is 5.56 Å². The van der Waals surface area contributed by atoms with E-state index in [2.05, 4.69) is 4.98 Å². The minimum absolute atomic E-state index is 0.196. The second-order valence-electron chi connectivity index (χ2n) is 3.78. The van der Waals surface area contributed by atoms with Gasteiger partial charge in [-0.25, -0.2) is 9.78 Å². The molecule has 0 bridgehead atoms. The van der Waals surface area contributed by atoms with Crippen LogP contribution in [0.2, 0.25) is 5.02 Å². The number of halogens is 1. The van der Waals surface area contributed by atoms with Crippen LogP contribution in [0.5, 0.6) is 0 Å². The van der Waals surface area contributed by atoms with E-state index in [1.807, 2.05) is 17.8 Å². The number of hydrogen-bond donors (Lipinski definition) is 1. The highest BCUT2D eigenvalue weighted by molar-refractivity contribution is 6.31. The van der Waals surface area contributed by atoms with Crippen LogP contribution in [-0.4, -0.2) is 20.6 Å². The average Bonchev–Trinajstić information content (AvgIpc) is 2.63. The van der Waals surface area contributed by atoms with Crippen LogP contribution in [0.1, 0.15) is 21.7 Å². The van der Waals surface area contributed by atoms with E-state index in [-0.39, 0.29) is 5.56 Å². The molecule has 0 aliphatic carbocycles. The molecule has 0 amide bonds. The summed E-state index contributed by atoms with van der Waals surface area (Å²) < 4.78 is 1.89. The molecule has 0 aliphatic heterocycles. The van der Waals surface area contributed by atoms with Gasteiger partial charge in [-0.1, -0.05) is 11.6 Å². The first-order valence-corrected chi connectivity index (χ1v) is 5.43. The number of carbonyl (C=O) groups is 1. The molecule has 2 aromatic rings. The fourth-order valence-electron chi connectivity index (χ4n) is 1.63. The fraction of sp³-hybridized carbons (Fsp3) is 0.167. The van der Waals surface area contributed by atoms with Crippen molar-refractivity contribution >= 4 is 17.6 Å². The van der Waals surface area contributed by atoms with E-state index in [0.717, 1.165) is 11.4 Å². The number of nitrogens with zero attached hydrogens (tertiary/aromatic N) is 2. The minimum Gasteiger partial charge on any atom is -0.478 e. The largest absolute Gasteiger partial charge is 0.478 e. The zero-order valence-corrected chi connectivity index (χ0v) is 9.98. The summed E-state index contributed by atoms with van der Waals surface area (Å²) in [4.78, 5) is 15.1. The third-order valence-corrected chi connectivity index (χ3v) is 2.71. The number of rotatable bonds is 3. The fourth-order valence-corrected chi connectivity index (χ4v) is 1.88.